The van der Waals surface area contributed by atoms with Crippen LogP contribution in [-0.4, -0.2) is 4.57 Å². The second kappa shape index (κ2) is 18.1. The molecule has 2 nitrogen and oxygen atoms in total. The third-order valence-electron chi connectivity index (χ3n) is 14.2. The molecule has 0 fully saturated rings. The number of para-hydroxylation sites is 2. The Hall–Kier alpha value is -8.20. The zero-order valence-electron chi connectivity index (χ0n) is 39.9. The summed E-state index contributed by atoms with van der Waals surface area (Å²) >= 11 is 0. The van der Waals surface area contributed by atoms with Crippen LogP contribution in [0.3, 0.4) is 0 Å². The first-order chi connectivity index (χ1) is 33.8. The number of hydrogen-bond acceptors (Lipinski definition) is 1. The minimum Gasteiger partial charge on any atom is -0.310 e. The summed E-state index contributed by atoms with van der Waals surface area (Å²) in [6, 6.07) is 78.5. The molecule has 0 amide bonds. The number of anilines is 3. The first kappa shape index (κ1) is 43.4. The Kier molecular flexibility index (Phi) is 11.4. The Balaban J connectivity index is 0.00000169. The molecule has 9 aromatic carbocycles. The van der Waals surface area contributed by atoms with E-state index < -0.39 is 0 Å². The van der Waals surface area contributed by atoms with Gasteiger partial charge in [-0.05, 0) is 147 Å². The van der Waals surface area contributed by atoms with Gasteiger partial charge in [0.05, 0.1) is 16.7 Å². The van der Waals surface area contributed by atoms with Crippen LogP contribution in [0.5, 0.6) is 0 Å². The molecule has 2 aliphatic carbocycles. The normalized spacial score (nSPS) is 14.4. The molecule has 0 radical (unpaired) electrons. The Bertz CT molecular complexity index is 3580. The van der Waals surface area contributed by atoms with Gasteiger partial charge in [0.25, 0.3) is 0 Å². The standard InChI is InChI=1S/C64H50N2.C3H6/c1-43-24-26-45(27-25-43)47-30-35-52(36-31-47)65(51-33-28-46(29-34-51)44-14-5-4-6-15-44)61-22-11-8-18-54(61)50-17-13-16-48(40-50)49-32-39-63-58(41-49)56-20-9-12-23-62(56)66(63)53-37-38-60-57(42-53)55-19-7-10-21-59(55)64(60,2)3;1-3-2/h4-24,26-43H,25H2,1-3H3;3H,1H2,2H3. The summed E-state index contributed by atoms with van der Waals surface area (Å²) in [4.78, 5) is 2.41. The number of aromatic nitrogens is 1. The van der Waals surface area contributed by atoms with Gasteiger partial charge in [-0.15, -0.1) is 6.58 Å². The van der Waals surface area contributed by atoms with E-state index >= 15 is 0 Å². The number of rotatable bonds is 8. The summed E-state index contributed by atoms with van der Waals surface area (Å²) in [6.45, 7) is 12.2. The van der Waals surface area contributed by atoms with Crippen molar-refractivity contribution in [2.45, 2.75) is 39.5 Å². The number of allylic oxidation sites excluding steroid dienone is 5. The first-order valence-corrected chi connectivity index (χ1v) is 24.3. The molecule has 10 aromatic rings. The minimum atomic E-state index is -0.0310. The van der Waals surface area contributed by atoms with E-state index in [4.69, 9.17) is 0 Å². The maximum atomic E-state index is 3.36. The molecule has 0 aliphatic heterocycles. The van der Waals surface area contributed by atoms with Crippen molar-refractivity contribution in [2.75, 3.05) is 4.90 Å². The highest BCUT2D eigenvalue weighted by Gasteiger charge is 2.35. The minimum absolute atomic E-state index is 0.0310. The van der Waals surface area contributed by atoms with E-state index in [1.165, 1.54) is 94.3 Å². The van der Waals surface area contributed by atoms with Crippen molar-refractivity contribution < 1.29 is 0 Å². The van der Waals surface area contributed by atoms with Crippen LogP contribution < -0.4 is 4.90 Å². The van der Waals surface area contributed by atoms with Gasteiger partial charge in [0.1, 0.15) is 0 Å². The SMILES string of the molecule is C=CC.CC1C=CC(c2ccc(N(c3ccc(-c4ccccc4)cc3)c3ccccc3-c3cccc(-c4ccc5c(c4)c4ccccc4n5-c4ccc5c(c4)-c4ccccc4C5(C)C)c3)cc2)=CC1. The Morgan fingerprint density at radius 2 is 1.09 bits per heavy atom. The van der Waals surface area contributed by atoms with Crippen molar-refractivity contribution in [1.82, 2.24) is 4.57 Å². The van der Waals surface area contributed by atoms with Crippen molar-refractivity contribution in [3.05, 3.63) is 260 Å². The average Bonchev–Trinajstić information content (AvgIpc) is 3.85. The van der Waals surface area contributed by atoms with E-state index in [9.17, 15) is 0 Å². The quantitative estimate of drug-likeness (QED) is 0.138. The number of hydrogen-bond donors (Lipinski definition) is 0. The molecule has 0 saturated heterocycles. The van der Waals surface area contributed by atoms with Gasteiger partial charge in [-0.1, -0.05) is 191 Å². The molecule has 334 valence electrons. The van der Waals surface area contributed by atoms with Crippen LogP contribution in [0.1, 0.15) is 50.8 Å². The van der Waals surface area contributed by atoms with E-state index in [1.54, 1.807) is 6.08 Å². The van der Waals surface area contributed by atoms with Gasteiger partial charge in [-0.25, -0.2) is 0 Å². The van der Waals surface area contributed by atoms with Crippen LogP contribution in [0.2, 0.25) is 0 Å². The maximum Gasteiger partial charge on any atom is 0.0541 e. The Labute approximate surface area is 407 Å². The summed E-state index contributed by atoms with van der Waals surface area (Å²) in [5.74, 6) is 0.579. The lowest BCUT2D eigenvalue weighted by Gasteiger charge is -2.28. The molecule has 0 spiro atoms. The van der Waals surface area contributed by atoms with Crippen LogP contribution in [0, 0.1) is 5.92 Å². The molecule has 1 unspecified atom stereocenters. The number of nitrogens with zero attached hydrogens (tertiary/aromatic N) is 2. The molecular formula is C67H56N2. The second-order valence-corrected chi connectivity index (χ2v) is 19.0. The van der Waals surface area contributed by atoms with Gasteiger partial charge in [0.2, 0.25) is 0 Å². The molecule has 69 heavy (non-hydrogen) atoms. The third kappa shape index (κ3) is 7.92. The van der Waals surface area contributed by atoms with Crippen LogP contribution in [-0.2, 0) is 5.41 Å². The van der Waals surface area contributed by atoms with Crippen molar-refractivity contribution >= 4 is 44.4 Å². The fraction of sp³-hybridized carbons (Fsp3) is 0.104. The summed E-state index contributed by atoms with van der Waals surface area (Å²) in [5, 5.41) is 2.50. The molecular weight excluding hydrogens is 833 g/mol. The van der Waals surface area contributed by atoms with Gasteiger partial charge in [-0.2, -0.15) is 0 Å². The molecule has 0 N–H and O–H groups in total. The topological polar surface area (TPSA) is 8.17 Å². The van der Waals surface area contributed by atoms with Gasteiger partial charge < -0.3 is 9.47 Å². The Morgan fingerprint density at radius 3 is 1.84 bits per heavy atom. The van der Waals surface area contributed by atoms with Crippen LogP contribution in [0.4, 0.5) is 17.1 Å². The number of fused-ring (bicyclic) bond motifs is 6. The monoisotopic (exact) mass is 888 g/mol. The van der Waals surface area contributed by atoms with Gasteiger partial charge in [0, 0.05) is 38.8 Å². The molecule has 2 aliphatic rings. The van der Waals surface area contributed by atoms with E-state index in [2.05, 4.69) is 267 Å². The Morgan fingerprint density at radius 1 is 0.507 bits per heavy atom. The molecule has 1 aromatic heterocycles. The molecule has 0 bridgehead atoms. The summed E-state index contributed by atoms with van der Waals surface area (Å²) in [7, 11) is 0. The summed E-state index contributed by atoms with van der Waals surface area (Å²) in [6.07, 6.45) is 9.78. The van der Waals surface area contributed by atoms with Crippen molar-refractivity contribution in [3.63, 3.8) is 0 Å². The van der Waals surface area contributed by atoms with Gasteiger partial charge >= 0.3 is 0 Å². The predicted octanol–water partition coefficient (Wildman–Crippen LogP) is 18.7. The average molecular weight is 889 g/mol. The smallest absolute Gasteiger partial charge is 0.0541 e. The predicted molar refractivity (Wildman–Crippen MR) is 296 cm³/mol. The van der Waals surface area contributed by atoms with Crippen LogP contribution >= 0.6 is 0 Å². The van der Waals surface area contributed by atoms with Gasteiger partial charge in [0.15, 0.2) is 0 Å². The first-order valence-electron chi connectivity index (χ1n) is 24.3. The summed E-state index contributed by atoms with van der Waals surface area (Å²) in [5.41, 5.74) is 22.0. The van der Waals surface area contributed by atoms with E-state index in [1.807, 2.05) is 6.92 Å². The van der Waals surface area contributed by atoms with Gasteiger partial charge in [-0.3, -0.25) is 0 Å². The molecule has 1 atom stereocenters. The van der Waals surface area contributed by atoms with Crippen LogP contribution in [0.15, 0.2) is 243 Å². The molecule has 12 rings (SSSR count). The lowest BCUT2D eigenvalue weighted by Crippen LogP contribution is -2.14. The van der Waals surface area contributed by atoms with E-state index in [0.717, 1.165) is 23.5 Å². The highest BCUT2D eigenvalue weighted by Crippen LogP contribution is 2.50. The zero-order chi connectivity index (χ0) is 47.1. The largest absolute Gasteiger partial charge is 0.310 e. The molecule has 2 heteroatoms. The molecule has 1 heterocycles. The fourth-order valence-electron chi connectivity index (χ4n) is 10.7. The van der Waals surface area contributed by atoms with Crippen molar-refractivity contribution in [3.8, 4) is 50.2 Å². The highest BCUT2D eigenvalue weighted by molar-refractivity contribution is 6.10. The maximum absolute atomic E-state index is 3.36. The van der Waals surface area contributed by atoms with Crippen molar-refractivity contribution in [2.24, 2.45) is 5.92 Å². The summed E-state index contributed by atoms with van der Waals surface area (Å²) < 4.78 is 2.45. The van der Waals surface area contributed by atoms with Crippen LogP contribution in [0.25, 0.3) is 77.6 Å². The zero-order valence-corrected chi connectivity index (χ0v) is 39.9. The van der Waals surface area contributed by atoms with Crippen molar-refractivity contribution in [1.29, 1.82) is 0 Å². The third-order valence-corrected chi connectivity index (χ3v) is 14.2. The van der Waals surface area contributed by atoms with E-state index in [-0.39, 0.29) is 5.41 Å². The molecule has 0 saturated carbocycles. The second-order valence-electron chi connectivity index (χ2n) is 19.0. The van der Waals surface area contributed by atoms with E-state index in [0.29, 0.717) is 5.92 Å². The number of benzene rings is 9. The fourth-order valence-corrected chi connectivity index (χ4v) is 10.7. The lowest BCUT2D eigenvalue weighted by molar-refractivity contribution is 0.660. The lowest BCUT2D eigenvalue weighted by atomic mass is 9.82. The highest BCUT2D eigenvalue weighted by atomic mass is 15.1.